The van der Waals surface area contributed by atoms with Gasteiger partial charge in [-0.15, -0.1) is 0 Å². The molecule has 0 aliphatic heterocycles. The third-order valence-electron chi connectivity index (χ3n) is 5.09. The third kappa shape index (κ3) is 8.44. The molecule has 0 fully saturated rings. The van der Waals surface area contributed by atoms with E-state index in [1.54, 1.807) is 0 Å². The first kappa shape index (κ1) is 20.1. The molecular weight excluding hydrogens is 280 g/mol. The van der Waals surface area contributed by atoms with Gasteiger partial charge in [0.2, 0.25) is 0 Å². The summed E-state index contributed by atoms with van der Waals surface area (Å²) in [5, 5.41) is 10.2. The molecule has 0 aliphatic carbocycles. The van der Waals surface area contributed by atoms with Crippen molar-refractivity contribution in [2.75, 3.05) is 0 Å². The van der Waals surface area contributed by atoms with Gasteiger partial charge < -0.3 is 5.11 Å². The van der Waals surface area contributed by atoms with E-state index >= 15 is 0 Å². The SMILES string of the molecule is CCCCCCCCCCCCCCc1ccc(C)c(C)c1O. The van der Waals surface area contributed by atoms with E-state index in [2.05, 4.69) is 26.0 Å². The largest absolute Gasteiger partial charge is 0.507 e. The molecule has 0 amide bonds. The number of phenolic OH excluding ortho intramolecular Hbond substituents is 1. The predicted octanol–water partition coefficient (Wildman–Crippen LogP) is 7.25. The Bertz CT molecular complexity index is 422. The molecule has 0 spiro atoms. The Labute approximate surface area is 144 Å². The second-order valence-corrected chi connectivity index (χ2v) is 7.15. The highest BCUT2D eigenvalue weighted by Crippen LogP contribution is 2.26. The van der Waals surface area contributed by atoms with E-state index in [0.29, 0.717) is 5.75 Å². The van der Waals surface area contributed by atoms with Crippen molar-refractivity contribution in [2.24, 2.45) is 0 Å². The molecule has 0 aliphatic rings. The predicted molar refractivity (Wildman–Crippen MR) is 102 cm³/mol. The molecule has 23 heavy (non-hydrogen) atoms. The highest BCUT2D eigenvalue weighted by Gasteiger charge is 2.06. The van der Waals surface area contributed by atoms with Gasteiger partial charge in [-0.05, 0) is 43.4 Å². The van der Waals surface area contributed by atoms with Crippen LogP contribution in [0, 0.1) is 13.8 Å². The molecule has 1 N–H and O–H groups in total. The van der Waals surface area contributed by atoms with Gasteiger partial charge >= 0.3 is 0 Å². The van der Waals surface area contributed by atoms with Crippen LogP contribution in [-0.4, -0.2) is 5.11 Å². The molecule has 0 radical (unpaired) electrons. The molecule has 0 saturated heterocycles. The summed E-state index contributed by atoms with van der Waals surface area (Å²) in [6, 6.07) is 4.22. The molecule has 1 aromatic carbocycles. The first-order chi connectivity index (χ1) is 11.2. The number of rotatable bonds is 13. The zero-order valence-corrected chi connectivity index (χ0v) is 15.8. The van der Waals surface area contributed by atoms with Crippen molar-refractivity contribution in [1.82, 2.24) is 0 Å². The van der Waals surface area contributed by atoms with Crippen LogP contribution in [0.3, 0.4) is 0 Å². The van der Waals surface area contributed by atoms with Crippen molar-refractivity contribution in [2.45, 2.75) is 104 Å². The Hall–Kier alpha value is -0.980. The van der Waals surface area contributed by atoms with Crippen LogP contribution < -0.4 is 0 Å². The van der Waals surface area contributed by atoms with E-state index in [-0.39, 0.29) is 0 Å². The van der Waals surface area contributed by atoms with Gasteiger partial charge in [-0.25, -0.2) is 0 Å². The minimum Gasteiger partial charge on any atom is -0.507 e. The highest BCUT2D eigenvalue weighted by atomic mass is 16.3. The van der Waals surface area contributed by atoms with Crippen LogP contribution in [-0.2, 0) is 6.42 Å². The average Bonchev–Trinajstić information content (AvgIpc) is 2.55. The van der Waals surface area contributed by atoms with E-state index in [1.807, 2.05) is 6.92 Å². The summed E-state index contributed by atoms with van der Waals surface area (Å²) in [6.07, 6.45) is 17.6. The van der Waals surface area contributed by atoms with Crippen molar-refractivity contribution >= 4 is 0 Å². The lowest BCUT2D eigenvalue weighted by Gasteiger charge is -2.09. The summed E-state index contributed by atoms with van der Waals surface area (Å²) in [6.45, 7) is 6.35. The van der Waals surface area contributed by atoms with Crippen LogP contribution in [0.2, 0.25) is 0 Å². The van der Waals surface area contributed by atoms with E-state index < -0.39 is 0 Å². The molecule has 1 nitrogen and oxygen atoms in total. The maximum absolute atomic E-state index is 10.2. The zero-order valence-electron chi connectivity index (χ0n) is 15.8. The van der Waals surface area contributed by atoms with Crippen LogP contribution in [0.4, 0.5) is 0 Å². The van der Waals surface area contributed by atoms with E-state index in [9.17, 15) is 5.11 Å². The molecule has 1 rings (SSSR count). The summed E-state index contributed by atoms with van der Waals surface area (Å²) >= 11 is 0. The van der Waals surface area contributed by atoms with Gasteiger partial charge in [0, 0.05) is 0 Å². The number of hydrogen-bond acceptors (Lipinski definition) is 1. The molecule has 132 valence electrons. The number of benzene rings is 1. The first-order valence-electron chi connectivity index (χ1n) is 9.94. The molecule has 0 bridgehead atoms. The van der Waals surface area contributed by atoms with Gasteiger partial charge in [0.25, 0.3) is 0 Å². The van der Waals surface area contributed by atoms with Crippen LogP contribution >= 0.6 is 0 Å². The summed E-state index contributed by atoms with van der Waals surface area (Å²) in [5.74, 6) is 0.521. The van der Waals surface area contributed by atoms with Gasteiger partial charge in [0.05, 0.1) is 0 Å². The van der Waals surface area contributed by atoms with Crippen LogP contribution in [0.25, 0.3) is 0 Å². The number of phenols is 1. The fourth-order valence-corrected chi connectivity index (χ4v) is 3.22. The standard InChI is InChI=1S/C22H38O/c1-4-5-6-7-8-9-10-11-12-13-14-15-16-21-18-17-19(2)20(3)22(21)23/h17-18,23H,4-16H2,1-3H3. The second-order valence-electron chi connectivity index (χ2n) is 7.15. The lowest BCUT2D eigenvalue weighted by atomic mass is 9.99. The molecular formula is C22H38O. The van der Waals surface area contributed by atoms with Crippen molar-refractivity contribution in [1.29, 1.82) is 0 Å². The van der Waals surface area contributed by atoms with Crippen molar-refractivity contribution in [3.05, 3.63) is 28.8 Å². The summed E-state index contributed by atoms with van der Waals surface area (Å²) < 4.78 is 0. The Kier molecular flexibility index (Phi) is 10.9. The third-order valence-corrected chi connectivity index (χ3v) is 5.09. The Balaban J connectivity index is 1.97. The number of hydrogen-bond donors (Lipinski definition) is 1. The van der Waals surface area contributed by atoms with E-state index in [0.717, 1.165) is 17.5 Å². The zero-order chi connectivity index (χ0) is 16.9. The maximum atomic E-state index is 10.2. The molecule has 0 unspecified atom stereocenters. The summed E-state index contributed by atoms with van der Waals surface area (Å²) in [5.41, 5.74) is 3.35. The van der Waals surface area contributed by atoms with Crippen LogP contribution in [0.1, 0.15) is 101 Å². The van der Waals surface area contributed by atoms with Crippen LogP contribution in [0.5, 0.6) is 5.75 Å². The Morgan fingerprint density at radius 1 is 0.696 bits per heavy atom. The molecule has 0 saturated carbocycles. The van der Waals surface area contributed by atoms with Crippen LogP contribution in [0.15, 0.2) is 12.1 Å². The normalized spacial score (nSPS) is 11.1. The lowest BCUT2D eigenvalue weighted by Crippen LogP contribution is -1.91. The molecule has 0 aromatic heterocycles. The van der Waals surface area contributed by atoms with Gasteiger partial charge in [0.15, 0.2) is 0 Å². The maximum Gasteiger partial charge on any atom is 0.121 e. The second kappa shape index (κ2) is 12.4. The minimum absolute atomic E-state index is 0.521. The number of aromatic hydroxyl groups is 1. The molecule has 1 aromatic rings. The van der Waals surface area contributed by atoms with E-state index in [1.165, 1.54) is 82.6 Å². The van der Waals surface area contributed by atoms with E-state index in [4.69, 9.17) is 0 Å². The van der Waals surface area contributed by atoms with Crippen molar-refractivity contribution in [3.8, 4) is 5.75 Å². The smallest absolute Gasteiger partial charge is 0.121 e. The van der Waals surface area contributed by atoms with Gasteiger partial charge in [-0.2, -0.15) is 0 Å². The summed E-state index contributed by atoms with van der Waals surface area (Å²) in [4.78, 5) is 0. The molecule has 0 atom stereocenters. The molecule has 1 heteroatoms. The Morgan fingerprint density at radius 3 is 1.70 bits per heavy atom. The first-order valence-corrected chi connectivity index (χ1v) is 9.94. The highest BCUT2D eigenvalue weighted by molar-refractivity contribution is 5.44. The number of aryl methyl sites for hydroxylation is 2. The molecule has 0 heterocycles. The van der Waals surface area contributed by atoms with Crippen molar-refractivity contribution in [3.63, 3.8) is 0 Å². The number of unbranched alkanes of at least 4 members (excludes halogenated alkanes) is 11. The summed E-state index contributed by atoms with van der Waals surface area (Å²) in [7, 11) is 0. The van der Waals surface area contributed by atoms with Gasteiger partial charge in [-0.1, -0.05) is 89.7 Å². The van der Waals surface area contributed by atoms with Gasteiger partial charge in [0.1, 0.15) is 5.75 Å². The average molecular weight is 319 g/mol. The fraction of sp³-hybridized carbons (Fsp3) is 0.727. The minimum atomic E-state index is 0.521. The quantitative estimate of drug-likeness (QED) is 0.380. The van der Waals surface area contributed by atoms with Crippen molar-refractivity contribution < 1.29 is 5.11 Å². The van der Waals surface area contributed by atoms with Gasteiger partial charge in [-0.3, -0.25) is 0 Å². The fourth-order valence-electron chi connectivity index (χ4n) is 3.22. The monoisotopic (exact) mass is 318 g/mol. The topological polar surface area (TPSA) is 20.2 Å². The Morgan fingerprint density at radius 2 is 1.17 bits per heavy atom. The lowest BCUT2D eigenvalue weighted by molar-refractivity contribution is 0.461.